The van der Waals surface area contributed by atoms with Crippen LogP contribution in [0, 0.1) is 16.7 Å². The highest BCUT2D eigenvalue weighted by Gasteiger charge is 2.78. The van der Waals surface area contributed by atoms with Crippen molar-refractivity contribution in [2.24, 2.45) is 16.7 Å². The van der Waals surface area contributed by atoms with E-state index in [1.165, 1.54) is 26.0 Å². The van der Waals surface area contributed by atoms with Gasteiger partial charge in [-0.2, -0.15) is 0 Å². The zero-order chi connectivity index (χ0) is 48.5. The zero-order valence-electron chi connectivity index (χ0n) is 38.0. The minimum absolute atomic E-state index is 0.00289. The van der Waals surface area contributed by atoms with Crippen molar-refractivity contribution in [3.63, 3.8) is 0 Å². The molecule has 2 saturated carbocycles. The van der Waals surface area contributed by atoms with Crippen LogP contribution < -0.4 is 5.32 Å². The molecule has 7 rings (SSSR count). The van der Waals surface area contributed by atoms with Gasteiger partial charge in [-0.25, -0.2) is 9.59 Å². The number of fused-ring (bicyclic) bond motifs is 5. The fraction of sp³-hybridized carbons (Fsp3) is 0.469. The van der Waals surface area contributed by atoms with Crippen LogP contribution in [0.1, 0.15) is 86.7 Å². The van der Waals surface area contributed by atoms with E-state index in [4.69, 9.17) is 23.7 Å². The van der Waals surface area contributed by atoms with E-state index in [2.05, 4.69) is 5.32 Å². The number of carbonyl (C=O) groups is 6. The lowest BCUT2D eigenvalue weighted by atomic mass is 9.44. The second-order valence-corrected chi connectivity index (χ2v) is 19.6. The van der Waals surface area contributed by atoms with Crippen molar-refractivity contribution in [3.05, 3.63) is 119 Å². The summed E-state index contributed by atoms with van der Waals surface area (Å²) in [5.41, 5.74) is -7.02. The van der Waals surface area contributed by atoms with Gasteiger partial charge in [-0.15, -0.1) is 0 Å². The van der Waals surface area contributed by atoms with Gasteiger partial charge < -0.3 is 44.3 Å². The minimum atomic E-state index is -2.39. The molecule has 4 aliphatic rings. The quantitative estimate of drug-likeness (QED) is 0.129. The maximum Gasteiger partial charge on any atom is 0.338 e. The van der Waals surface area contributed by atoms with Crippen LogP contribution in [0.25, 0.3) is 0 Å². The number of ketones is 1. The van der Waals surface area contributed by atoms with Crippen molar-refractivity contribution < 1.29 is 72.0 Å². The molecule has 3 fully saturated rings. The fourth-order valence-corrected chi connectivity index (χ4v) is 10.2. The normalized spacial score (nSPS) is 30.5. The van der Waals surface area contributed by atoms with Crippen LogP contribution in [0.4, 0.5) is 0 Å². The topological polar surface area (TPSA) is 238 Å². The molecule has 2 bridgehead atoms. The number of amides is 1. The van der Waals surface area contributed by atoms with Gasteiger partial charge in [0.15, 0.2) is 23.6 Å². The Morgan fingerprint density at radius 1 is 0.833 bits per heavy atom. The molecule has 0 spiro atoms. The second-order valence-electron chi connectivity index (χ2n) is 18.1. The maximum atomic E-state index is 15.5. The van der Waals surface area contributed by atoms with Gasteiger partial charge in [0.05, 0.1) is 35.6 Å². The van der Waals surface area contributed by atoms with E-state index in [1.807, 2.05) is 0 Å². The lowest BCUT2D eigenvalue weighted by Crippen LogP contribution is -2.82. The summed E-state index contributed by atoms with van der Waals surface area (Å²) >= 11 is 0. The van der Waals surface area contributed by atoms with Crippen molar-refractivity contribution in [1.82, 2.24) is 5.32 Å². The number of rotatable bonds is 10. The number of aliphatic hydroxyl groups excluding tert-OH is 2. The molecule has 0 aromatic heterocycles. The first-order valence-electron chi connectivity index (χ1n) is 21.5. The number of nitrogens with one attached hydrogen (secondary N) is 1. The number of carbonyl (C=O) groups excluding carboxylic acids is 6. The Morgan fingerprint density at radius 2 is 1.38 bits per heavy atom. The summed E-state index contributed by atoms with van der Waals surface area (Å²) in [4.78, 5) is 83.5. The highest BCUT2D eigenvalue weighted by atomic mass is 32.2. The van der Waals surface area contributed by atoms with E-state index in [-0.39, 0.29) is 35.3 Å². The Hall–Kier alpha value is -5.59. The standard InChI is InChI=1S/C47H51NO14.C2H6OS/c1-25-31(60-43(56)36(52)35(28-16-10-7-11-17-28)48-41(54)29-18-12-8-13-19-29)23-47(57)40(61-42(55)30-20-14-9-15-21-30)38-45(6,32(51)22-33-46(38,24-58-33)62-27(3)50)39(53)37(59-26(2)49)34(25)44(47,4)5;1-4(2)3/h7-21,31-33,35-38,40,51-52,57H,22-24H2,1-6H3,(H,48,54);1-2H3/t31-,32-,33+,35-,36+,37+,38?,40-,45+,46-,47+;/m0./s1. The molecule has 1 heterocycles. The fourth-order valence-electron chi connectivity index (χ4n) is 10.2. The molecular weight excluding hydrogens is 875 g/mol. The highest BCUT2D eigenvalue weighted by Crippen LogP contribution is 2.64. The Morgan fingerprint density at radius 3 is 1.89 bits per heavy atom. The van der Waals surface area contributed by atoms with Crippen LogP contribution in [-0.4, -0.2) is 122 Å². The van der Waals surface area contributed by atoms with Crippen molar-refractivity contribution in [2.45, 2.75) is 108 Å². The van der Waals surface area contributed by atoms with E-state index < -0.39 is 123 Å². The smallest absolute Gasteiger partial charge is 0.338 e. The summed E-state index contributed by atoms with van der Waals surface area (Å²) in [7, 11) is -0.611. The largest absolute Gasteiger partial charge is 0.456 e. The first-order valence-corrected chi connectivity index (χ1v) is 23.4. The molecule has 1 unspecified atom stereocenters. The van der Waals surface area contributed by atoms with Crippen molar-refractivity contribution in [3.8, 4) is 0 Å². The van der Waals surface area contributed by atoms with Crippen molar-refractivity contribution in [2.75, 3.05) is 19.1 Å². The van der Waals surface area contributed by atoms with Gasteiger partial charge >= 0.3 is 23.9 Å². The minimum Gasteiger partial charge on any atom is -0.456 e. The van der Waals surface area contributed by atoms with Gasteiger partial charge in [0.2, 0.25) is 0 Å². The number of ether oxygens (including phenoxy) is 5. The molecule has 0 radical (unpaired) electrons. The SMILES string of the molecule is CC(=O)O[C@H]1C(=O)[C@@]2(C)C([C@H](OC(=O)c3ccccc3)[C@]3(O)C[C@H](OC(=O)[C@H](O)[C@@H](NC(=O)c4ccccc4)c4ccccc4)C(C)=C1C3(C)C)[C@]1(OC(C)=O)CO[C@@H]1C[C@@H]2O.CS(C)=O. The van der Waals surface area contributed by atoms with E-state index >= 15 is 4.79 Å². The molecule has 16 nitrogen and oxygen atoms in total. The zero-order valence-corrected chi connectivity index (χ0v) is 38.9. The summed E-state index contributed by atoms with van der Waals surface area (Å²) in [6, 6.07) is 22.9. The average molecular weight is 932 g/mol. The highest BCUT2D eigenvalue weighted by molar-refractivity contribution is 7.83. The monoisotopic (exact) mass is 931 g/mol. The molecule has 3 aliphatic carbocycles. The maximum absolute atomic E-state index is 15.5. The van der Waals surface area contributed by atoms with Crippen LogP contribution in [0.15, 0.2) is 102 Å². The molecule has 11 atom stereocenters. The van der Waals surface area contributed by atoms with Gasteiger partial charge in [0.1, 0.15) is 23.9 Å². The third-order valence-corrected chi connectivity index (χ3v) is 13.5. The molecule has 3 aromatic carbocycles. The van der Waals surface area contributed by atoms with Crippen LogP contribution in [0.2, 0.25) is 0 Å². The first-order chi connectivity index (χ1) is 31.0. The lowest BCUT2D eigenvalue weighted by molar-refractivity contribution is -0.346. The third kappa shape index (κ3) is 9.10. The van der Waals surface area contributed by atoms with E-state index in [0.717, 1.165) is 13.8 Å². The molecule has 66 heavy (non-hydrogen) atoms. The Balaban J connectivity index is 0.00000173. The molecule has 17 heteroatoms. The number of hydrogen-bond acceptors (Lipinski definition) is 15. The predicted octanol–water partition coefficient (Wildman–Crippen LogP) is 3.73. The van der Waals surface area contributed by atoms with Crippen LogP contribution >= 0.6 is 0 Å². The molecule has 1 amide bonds. The molecule has 3 aromatic rings. The van der Waals surface area contributed by atoms with Gasteiger partial charge in [0.25, 0.3) is 5.91 Å². The predicted molar refractivity (Wildman–Crippen MR) is 238 cm³/mol. The van der Waals surface area contributed by atoms with E-state index in [9.17, 15) is 43.5 Å². The van der Waals surface area contributed by atoms with Gasteiger partial charge in [-0.3, -0.25) is 23.4 Å². The van der Waals surface area contributed by atoms with Crippen LogP contribution in [0.3, 0.4) is 0 Å². The van der Waals surface area contributed by atoms with Crippen LogP contribution in [0.5, 0.6) is 0 Å². The second kappa shape index (κ2) is 19.3. The van der Waals surface area contributed by atoms with Crippen molar-refractivity contribution in [1.29, 1.82) is 0 Å². The molecule has 4 N–H and O–H groups in total. The first kappa shape index (κ1) is 49.8. The Bertz CT molecular complexity index is 2390. The summed E-state index contributed by atoms with van der Waals surface area (Å²) in [5.74, 6) is -6.84. The van der Waals surface area contributed by atoms with Crippen molar-refractivity contribution >= 4 is 46.4 Å². The Labute approximate surface area is 385 Å². The van der Waals surface area contributed by atoms with Gasteiger partial charge in [-0.05, 0) is 54.8 Å². The lowest BCUT2D eigenvalue weighted by Gasteiger charge is -2.67. The third-order valence-electron chi connectivity index (χ3n) is 13.5. The van der Waals surface area contributed by atoms with Crippen LogP contribution in [-0.2, 0) is 53.7 Å². The van der Waals surface area contributed by atoms with E-state index in [0.29, 0.717) is 5.56 Å². The molecule has 1 saturated heterocycles. The summed E-state index contributed by atoms with van der Waals surface area (Å²) in [5, 5.41) is 40.2. The molecule has 1 aliphatic heterocycles. The Kier molecular flexibility index (Phi) is 14.6. The summed E-state index contributed by atoms with van der Waals surface area (Å²) < 4.78 is 39.8. The summed E-state index contributed by atoms with van der Waals surface area (Å²) in [6.07, 6.45) is -7.23. The number of hydrogen-bond donors (Lipinski definition) is 4. The number of esters is 4. The number of aliphatic hydroxyl groups is 3. The summed E-state index contributed by atoms with van der Waals surface area (Å²) in [6.45, 7) is 7.97. The molecule has 354 valence electrons. The average Bonchev–Trinajstić information content (AvgIpc) is 3.26. The number of benzene rings is 3. The van der Waals surface area contributed by atoms with Gasteiger partial charge in [0, 0.05) is 61.0 Å². The van der Waals surface area contributed by atoms with E-state index in [1.54, 1.807) is 105 Å². The number of Topliss-reactive ketones (excluding diaryl/α,β-unsaturated/α-hetero) is 1. The van der Waals surface area contributed by atoms with Gasteiger partial charge in [-0.1, -0.05) is 80.6 Å². The molecular formula is C49H57NO15S.